The largest absolute Gasteiger partial charge is 0.360 e. The molecule has 1 heterocycles. The van der Waals surface area contributed by atoms with E-state index in [4.69, 9.17) is 17.3 Å². The molecule has 0 aliphatic heterocycles. The molecule has 3 aromatic rings. The molecule has 0 spiro atoms. The lowest BCUT2D eigenvalue weighted by molar-refractivity contribution is 0.591. The number of aromatic amines is 1. The predicted molar refractivity (Wildman–Crippen MR) is 87.9 cm³/mol. The molecule has 0 bridgehead atoms. The number of hydrogen-bond acceptors (Lipinski definition) is 3. The topological polar surface area (TPSA) is 76.0 Å². The average Bonchev–Trinajstić information content (AvgIpc) is 2.96. The Labute approximate surface area is 138 Å². The number of sulfone groups is 1. The molecule has 0 aliphatic carbocycles. The summed E-state index contributed by atoms with van der Waals surface area (Å²) >= 11 is 5.63. The molecule has 3 rings (SSSR count). The fourth-order valence-corrected chi connectivity index (χ4v) is 4.17. The first-order valence-electron chi connectivity index (χ1n) is 6.94. The number of nitrogens with one attached hydrogen (secondary N) is 1. The zero-order chi connectivity index (χ0) is 16.6. The van der Waals surface area contributed by atoms with Gasteiger partial charge in [-0.15, -0.1) is 0 Å². The zero-order valence-electron chi connectivity index (χ0n) is 12.0. The fraction of sp³-hybridized carbons (Fsp3) is 0.125. The highest BCUT2D eigenvalue weighted by atomic mass is 35.5. The zero-order valence-corrected chi connectivity index (χ0v) is 13.6. The fourth-order valence-electron chi connectivity index (χ4n) is 2.57. The van der Waals surface area contributed by atoms with E-state index in [1.165, 1.54) is 18.3 Å². The molecule has 23 heavy (non-hydrogen) atoms. The Bertz CT molecular complexity index is 983. The van der Waals surface area contributed by atoms with Gasteiger partial charge in [0.05, 0.1) is 14.8 Å². The van der Waals surface area contributed by atoms with Crippen LogP contribution in [0.15, 0.2) is 52.4 Å². The van der Waals surface area contributed by atoms with Crippen molar-refractivity contribution in [2.24, 2.45) is 5.73 Å². The first-order valence-corrected chi connectivity index (χ1v) is 8.80. The van der Waals surface area contributed by atoms with Gasteiger partial charge in [0.2, 0.25) is 9.84 Å². The Morgan fingerprint density at radius 2 is 2.00 bits per heavy atom. The van der Waals surface area contributed by atoms with Gasteiger partial charge in [0.25, 0.3) is 0 Å². The summed E-state index contributed by atoms with van der Waals surface area (Å²) in [6, 6.07) is 8.93. The standard InChI is InChI=1S/C16H14ClFN2O2S/c17-12-5-4-11(8-13(12)18)23(21,22)15-9-20-14-3-1-2-10(6-7-19)16(14)15/h1-5,8-9,20H,6-7,19H2. The van der Waals surface area contributed by atoms with Crippen molar-refractivity contribution in [3.63, 3.8) is 0 Å². The second-order valence-electron chi connectivity index (χ2n) is 5.11. The monoisotopic (exact) mass is 352 g/mol. The minimum atomic E-state index is -3.87. The summed E-state index contributed by atoms with van der Waals surface area (Å²) in [6.45, 7) is 0.402. The molecule has 0 radical (unpaired) electrons. The Kier molecular flexibility index (Phi) is 4.14. The lowest BCUT2D eigenvalue weighted by atomic mass is 10.1. The van der Waals surface area contributed by atoms with Crippen LogP contribution in [0, 0.1) is 5.82 Å². The van der Waals surface area contributed by atoms with Crippen LogP contribution in [0.4, 0.5) is 4.39 Å². The molecule has 0 amide bonds. The van der Waals surface area contributed by atoms with Crippen molar-refractivity contribution >= 4 is 32.3 Å². The second kappa shape index (κ2) is 5.96. The smallest absolute Gasteiger partial charge is 0.208 e. The van der Waals surface area contributed by atoms with Crippen LogP contribution in [0.25, 0.3) is 10.9 Å². The molecule has 4 nitrogen and oxygen atoms in total. The van der Waals surface area contributed by atoms with Crippen LogP contribution in [-0.2, 0) is 16.3 Å². The van der Waals surface area contributed by atoms with E-state index in [1.807, 2.05) is 12.1 Å². The van der Waals surface area contributed by atoms with Gasteiger partial charge >= 0.3 is 0 Å². The second-order valence-corrected chi connectivity index (χ2v) is 7.44. The maximum atomic E-state index is 13.6. The highest BCUT2D eigenvalue weighted by Gasteiger charge is 2.24. The third-order valence-corrected chi connectivity index (χ3v) is 5.74. The molecule has 0 fully saturated rings. The van der Waals surface area contributed by atoms with E-state index in [1.54, 1.807) is 6.07 Å². The quantitative estimate of drug-likeness (QED) is 0.756. The van der Waals surface area contributed by atoms with Crippen LogP contribution in [0.3, 0.4) is 0 Å². The van der Waals surface area contributed by atoms with Crippen LogP contribution < -0.4 is 5.73 Å². The number of benzene rings is 2. The van der Waals surface area contributed by atoms with Gasteiger partial charge in [0, 0.05) is 17.1 Å². The minimum Gasteiger partial charge on any atom is -0.360 e. The average molecular weight is 353 g/mol. The van der Waals surface area contributed by atoms with Crippen molar-refractivity contribution in [2.45, 2.75) is 16.2 Å². The number of nitrogens with two attached hydrogens (primary N) is 1. The van der Waals surface area contributed by atoms with Crippen LogP contribution in [0.1, 0.15) is 5.56 Å². The first-order chi connectivity index (χ1) is 10.9. The van der Waals surface area contributed by atoms with Gasteiger partial charge in [-0.3, -0.25) is 0 Å². The summed E-state index contributed by atoms with van der Waals surface area (Å²) in [5, 5.41) is 0.472. The molecule has 0 saturated heterocycles. The van der Waals surface area contributed by atoms with Crippen LogP contribution in [0.5, 0.6) is 0 Å². The summed E-state index contributed by atoms with van der Waals surface area (Å²) in [4.78, 5) is 2.92. The van der Waals surface area contributed by atoms with Crippen molar-refractivity contribution in [1.29, 1.82) is 0 Å². The molecule has 0 aliphatic rings. The molecule has 2 aromatic carbocycles. The molecule has 120 valence electrons. The van der Waals surface area contributed by atoms with Crippen LogP contribution in [0.2, 0.25) is 5.02 Å². The molecule has 0 atom stereocenters. The first kappa shape index (κ1) is 16.0. The van der Waals surface area contributed by atoms with Gasteiger partial charge < -0.3 is 10.7 Å². The number of aromatic nitrogens is 1. The van der Waals surface area contributed by atoms with Crippen molar-refractivity contribution < 1.29 is 12.8 Å². The molecule has 0 unspecified atom stereocenters. The van der Waals surface area contributed by atoms with E-state index in [2.05, 4.69) is 4.98 Å². The molecule has 7 heteroatoms. The summed E-state index contributed by atoms with van der Waals surface area (Å²) in [7, 11) is -3.87. The number of hydrogen-bond donors (Lipinski definition) is 2. The molecule has 0 saturated carbocycles. The van der Waals surface area contributed by atoms with E-state index in [0.717, 1.165) is 11.6 Å². The van der Waals surface area contributed by atoms with Crippen molar-refractivity contribution in [3.8, 4) is 0 Å². The maximum absolute atomic E-state index is 13.6. The third kappa shape index (κ3) is 2.73. The molecule has 1 aromatic heterocycles. The van der Waals surface area contributed by atoms with Gasteiger partial charge in [-0.1, -0.05) is 23.7 Å². The normalized spacial score (nSPS) is 12.0. The maximum Gasteiger partial charge on any atom is 0.208 e. The Morgan fingerprint density at radius 3 is 2.70 bits per heavy atom. The van der Waals surface area contributed by atoms with Crippen LogP contribution in [-0.4, -0.2) is 19.9 Å². The summed E-state index contributed by atoms with van der Waals surface area (Å²) in [6.07, 6.45) is 1.97. The Hall–Kier alpha value is -1.89. The third-order valence-electron chi connectivity index (χ3n) is 3.66. The van der Waals surface area contributed by atoms with Gasteiger partial charge in [0.1, 0.15) is 5.82 Å². The van der Waals surface area contributed by atoms with Crippen LogP contribution >= 0.6 is 11.6 Å². The Morgan fingerprint density at radius 1 is 1.22 bits per heavy atom. The summed E-state index contributed by atoms with van der Waals surface area (Å²) in [5.41, 5.74) is 7.13. The Balaban J connectivity index is 2.24. The predicted octanol–water partition coefficient (Wildman–Crippen LogP) is 3.29. The number of rotatable bonds is 4. The SMILES string of the molecule is NCCc1cccc2[nH]cc(S(=O)(=O)c3ccc(Cl)c(F)c3)c12. The number of H-pyrrole nitrogens is 1. The minimum absolute atomic E-state index is 0.110. The number of halogens is 2. The summed E-state index contributed by atoms with van der Waals surface area (Å²) in [5.74, 6) is -0.769. The highest BCUT2D eigenvalue weighted by molar-refractivity contribution is 7.91. The lowest BCUT2D eigenvalue weighted by Crippen LogP contribution is -2.06. The van der Waals surface area contributed by atoms with Gasteiger partial charge in [-0.05, 0) is 42.8 Å². The van der Waals surface area contributed by atoms with E-state index in [0.29, 0.717) is 23.9 Å². The van der Waals surface area contributed by atoms with E-state index < -0.39 is 15.7 Å². The number of fused-ring (bicyclic) bond motifs is 1. The summed E-state index contributed by atoms with van der Waals surface area (Å²) < 4.78 is 39.4. The molecule has 3 N–H and O–H groups in total. The van der Waals surface area contributed by atoms with Gasteiger partial charge in [-0.25, -0.2) is 12.8 Å². The lowest BCUT2D eigenvalue weighted by Gasteiger charge is -2.07. The van der Waals surface area contributed by atoms with Gasteiger partial charge in [0.15, 0.2) is 0 Å². The van der Waals surface area contributed by atoms with E-state index >= 15 is 0 Å². The highest BCUT2D eigenvalue weighted by Crippen LogP contribution is 2.32. The van der Waals surface area contributed by atoms with E-state index in [9.17, 15) is 12.8 Å². The van der Waals surface area contributed by atoms with Crippen molar-refractivity contribution in [1.82, 2.24) is 4.98 Å². The molecular weight excluding hydrogens is 339 g/mol. The van der Waals surface area contributed by atoms with Gasteiger partial charge in [-0.2, -0.15) is 0 Å². The van der Waals surface area contributed by atoms with E-state index in [-0.39, 0.29) is 14.8 Å². The van der Waals surface area contributed by atoms with Crippen molar-refractivity contribution in [2.75, 3.05) is 6.54 Å². The van der Waals surface area contributed by atoms with Crippen molar-refractivity contribution in [3.05, 3.63) is 59.0 Å². The molecular formula is C16H14ClFN2O2S.